The van der Waals surface area contributed by atoms with Crippen molar-refractivity contribution >= 4 is 17.7 Å². The molecule has 7 heteroatoms. The molecule has 2 amide bonds. The van der Waals surface area contributed by atoms with Gasteiger partial charge in [0.15, 0.2) is 0 Å². The minimum Gasteiger partial charge on any atom is -0.446 e. The van der Waals surface area contributed by atoms with Gasteiger partial charge in [0.1, 0.15) is 6.61 Å². The first-order valence-electron chi connectivity index (χ1n) is 14.2. The number of ether oxygens (including phenoxy) is 1. The van der Waals surface area contributed by atoms with Crippen LogP contribution in [0, 0.1) is 0 Å². The molecular weight excluding hydrogens is 500 g/mol. The monoisotopic (exact) mass is 542 g/mol. The van der Waals surface area contributed by atoms with Crippen LogP contribution in [0.1, 0.15) is 56.0 Å². The highest BCUT2D eigenvalue weighted by Gasteiger charge is 2.28. The zero-order valence-electron chi connectivity index (χ0n) is 24.2. The second kappa shape index (κ2) is 13.6. The first-order chi connectivity index (χ1) is 19.2. The highest BCUT2D eigenvalue weighted by atomic mass is 16.6. The van der Waals surface area contributed by atoms with Crippen molar-refractivity contribution in [3.63, 3.8) is 0 Å². The highest BCUT2D eigenvalue weighted by Crippen LogP contribution is 2.33. The van der Waals surface area contributed by atoms with Gasteiger partial charge in [-0.1, -0.05) is 67.1 Å². The molecule has 212 valence electrons. The van der Waals surface area contributed by atoms with Gasteiger partial charge in [-0.05, 0) is 62.9 Å². The second-order valence-electron chi connectivity index (χ2n) is 11.4. The molecule has 1 saturated heterocycles. The summed E-state index contributed by atoms with van der Waals surface area (Å²) in [5.74, 6) is -0.103. The summed E-state index contributed by atoms with van der Waals surface area (Å²) in [6.45, 7) is 9.10. The largest absolute Gasteiger partial charge is 0.446 e. The topological polar surface area (TPSA) is 65.1 Å². The minimum absolute atomic E-state index is 0.0271. The SMILES string of the molecule is CN(CCOC(=O)N(c1ccccc1-c1ccccc1)N1CCCCC1)C(=O)c1ccc(CNC(C)(C)C)cc1. The van der Waals surface area contributed by atoms with E-state index in [4.69, 9.17) is 4.74 Å². The van der Waals surface area contributed by atoms with Crippen LogP contribution in [0.25, 0.3) is 11.1 Å². The molecule has 0 aromatic heterocycles. The molecule has 1 N–H and O–H groups in total. The van der Waals surface area contributed by atoms with E-state index in [0.717, 1.165) is 61.3 Å². The number of hydrazine groups is 1. The van der Waals surface area contributed by atoms with Gasteiger partial charge in [-0.2, -0.15) is 0 Å². The normalized spacial score (nSPS) is 14.0. The lowest BCUT2D eigenvalue weighted by Crippen LogP contribution is -2.50. The number of carbonyl (C=O) groups excluding carboxylic acids is 2. The van der Waals surface area contributed by atoms with Crippen molar-refractivity contribution in [3.05, 3.63) is 90.0 Å². The number of hydrogen-bond acceptors (Lipinski definition) is 5. The number of nitrogens with one attached hydrogen (secondary N) is 1. The Morgan fingerprint density at radius 2 is 1.52 bits per heavy atom. The Bertz CT molecular complexity index is 1250. The zero-order chi connectivity index (χ0) is 28.5. The van der Waals surface area contributed by atoms with Crippen LogP contribution in [0.5, 0.6) is 0 Å². The Hall–Kier alpha value is -3.68. The molecule has 3 aromatic rings. The van der Waals surface area contributed by atoms with Gasteiger partial charge < -0.3 is 15.0 Å². The lowest BCUT2D eigenvalue weighted by atomic mass is 10.0. The number of likely N-dealkylation sites (N-methyl/N-ethyl adjacent to an activating group) is 1. The summed E-state index contributed by atoms with van der Waals surface area (Å²) < 4.78 is 5.79. The quantitative estimate of drug-likeness (QED) is 0.341. The third-order valence-electron chi connectivity index (χ3n) is 7.03. The Balaban J connectivity index is 1.40. The maximum absolute atomic E-state index is 13.6. The van der Waals surface area contributed by atoms with Crippen LogP contribution in [0.15, 0.2) is 78.9 Å². The van der Waals surface area contributed by atoms with Crippen LogP contribution in [-0.2, 0) is 11.3 Å². The number of carbonyl (C=O) groups is 2. The number of rotatable bonds is 9. The first-order valence-corrected chi connectivity index (χ1v) is 14.2. The van der Waals surface area contributed by atoms with Gasteiger partial charge in [0.2, 0.25) is 0 Å². The number of benzene rings is 3. The number of para-hydroxylation sites is 1. The second-order valence-corrected chi connectivity index (χ2v) is 11.4. The molecule has 1 heterocycles. The first kappa shape index (κ1) is 29.3. The van der Waals surface area contributed by atoms with E-state index in [2.05, 4.69) is 31.1 Å². The molecule has 0 aliphatic carbocycles. The van der Waals surface area contributed by atoms with E-state index in [1.165, 1.54) is 0 Å². The van der Waals surface area contributed by atoms with Crippen LogP contribution in [0.2, 0.25) is 0 Å². The molecule has 1 aliphatic heterocycles. The van der Waals surface area contributed by atoms with E-state index in [0.29, 0.717) is 12.1 Å². The van der Waals surface area contributed by atoms with E-state index >= 15 is 0 Å². The van der Waals surface area contributed by atoms with Gasteiger partial charge in [-0.15, -0.1) is 0 Å². The Morgan fingerprint density at radius 1 is 0.875 bits per heavy atom. The van der Waals surface area contributed by atoms with E-state index in [1.807, 2.05) is 78.9 Å². The van der Waals surface area contributed by atoms with Crippen LogP contribution in [0.3, 0.4) is 0 Å². The van der Waals surface area contributed by atoms with Crippen molar-refractivity contribution in [1.82, 2.24) is 15.2 Å². The fraction of sp³-hybridized carbons (Fsp3) is 0.394. The third kappa shape index (κ3) is 7.93. The Kier molecular flexibility index (Phi) is 9.96. The molecule has 1 aliphatic rings. The Labute approximate surface area is 238 Å². The summed E-state index contributed by atoms with van der Waals surface area (Å²) in [6.07, 6.45) is 2.78. The van der Waals surface area contributed by atoms with Crippen LogP contribution >= 0.6 is 0 Å². The summed E-state index contributed by atoms with van der Waals surface area (Å²) in [7, 11) is 1.73. The van der Waals surface area contributed by atoms with Gasteiger partial charge in [0.25, 0.3) is 5.91 Å². The van der Waals surface area contributed by atoms with Crippen molar-refractivity contribution in [2.24, 2.45) is 0 Å². The fourth-order valence-corrected chi connectivity index (χ4v) is 4.75. The summed E-state index contributed by atoms with van der Waals surface area (Å²) in [4.78, 5) is 28.2. The summed E-state index contributed by atoms with van der Waals surface area (Å²) in [5, 5.41) is 7.22. The van der Waals surface area contributed by atoms with Crippen molar-refractivity contribution in [2.75, 3.05) is 38.3 Å². The van der Waals surface area contributed by atoms with Crippen LogP contribution < -0.4 is 10.3 Å². The number of hydrogen-bond donors (Lipinski definition) is 1. The molecule has 40 heavy (non-hydrogen) atoms. The fourth-order valence-electron chi connectivity index (χ4n) is 4.75. The molecule has 1 fully saturated rings. The van der Waals surface area contributed by atoms with Gasteiger partial charge in [0.05, 0.1) is 12.2 Å². The maximum Gasteiger partial charge on any atom is 0.429 e. The van der Waals surface area contributed by atoms with Crippen LogP contribution in [-0.4, -0.2) is 60.7 Å². The minimum atomic E-state index is -0.429. The average Bonchev–Trinajstić information content (AvgIpc) is 2.97. The van der Waals surface area contributed by atoms with Gasteiger partial charge in [0, 0.05) is 43.3 Å². The standard InChI is InChI=1S/C33H42N4O3/c1-33(2,3)34-25-26-17-19-28(20-18-26)31(38)35(4)23-24-40-32(39)37(36-21-11-6-12-22-36)30-16-10-9-15-29(30)27-13-7-5-8-14-27/h5,7-10,13-20,34H,6,11-12,21-25H2,1-4H3. The number of piperidine rings is 1. The Morgan fingerprint density at radius 3 is 2.20 bits per heavy atom. The smallest absolute Gasteiger partial charge is 0.429 e. The molecule has 0 bridgehead atoms. The molecule has 0 unspecified atom stereocenters. The van der Waals surface area contributed by atoms with E-state index in [-0.39, 0.29) is 18.1 Å². The molecule has 0 saturated carbocycles. The summed E-state index contributed by atoms with van der Waals surface area (Å²) in [6, 6.07) is 25.7. The van der Waals surface area contributed by atoms with E-state index in [9.17, 15) is 9.59 Å². The maximum atomic E-state index is 13.6. The van der Waals surface area contributed by atoms with Crippen molar-refractivity contribution in [1.29, 1.82) is 0 Å². The third-order valence-corrected chi connectivity index (χ3v) is 7.03. The van der Waals surface area contributed by atoms with Gasteiger partial charge >= 0.3 is 6.09 Å². The molecule has 0 spiro atoms. The van der Waals surface area contributed by atoms with Gasteiger partial charge in [-0.3, -0.25) is 4.79 Å². The molecular formula is C33H42N4O3. The lowest BCUT2D eigenvalue weighted by Gasteiger charge is -2.37. The number of nitrogens with zero attached hydrogens (tertiary/aromatic N) is 3. The average molecular weight is 543 g/mol. The molecule has 7 nitrogen and oxygen atoms in total. The van der Waals surface area contributed by atoms with Crippen molar-refractivity contribution in [2.45, 2.75) is 52.1 Å². The molecule has 0 atom stereocenters. The van der Waals surface area contributed by atoms with Crippen molar-refractivity contribution < 1.29 is 14.3 Å². The highest BCUT2D eigenvalue weighted by molar-refractivity contribution is 5.94. The number of amides is 2. The van der Waals surface area contributed by atoms with E-state index in [1.54, 1.807) is 17.0 Å². The lowest BCUT2D eigenvalue weighted by molar-refractivity contribution is 0.0733. The predicted molar refractivity (Wildman–Crippen MR) is 161 cm³/mol. The van der Waals surface area contributed by atoms with Gasteiger partial charge in [-0.25, -0.2) is 14.8 Å². The molecule has 0 radical (unpaired) electrons. The van der Waals surface area contributed by atoms with E-state index < -0.39 is 6.09 Å². The number of anilines is 1. The molecule has 4 rings (SSSR count). The summed E-state index contributed by atoms with van der Waals surface area (Å²) in [5.41, 5.74) is 4.57. The zero-order valence-corrected chi connectivity index (χ0v) is 24.2. The summed E-state index contributed by atoms with van der Waals surface area (Å²) >= 11 is 0. The molecule has 3 aromatic carbocycles. The van der Waals surface area contributed by atoms with Crippen LogP contribution in [0.4, 0.5) is 10.5 Å². The predicted octanol–water partition coefficient (Wildman–Crippen LogP) is 6.36. The van der Waals surface area contributed by atoms with Crippen molar-refractivity contribution in [3.8, 4) is 11.1 Å².